The standard InChI is InChI=1S/C13H19Cl2N3/c1-3-18(10-4-5-16-7-10)8-11-12(14)6-9(2)17-13(11)15/h6,10,16H,3-5,7-8H2,1-2H3. The Kier molecular flexibility index (Phi) is 4.84. The second-order valence-corrected chi connectivity index (χ2v) is 5.49. The monoisotopic (exact) mass is 287 g/mol. The molecular weight excluding hydrogens is 269 g/mol. The van der Waals surface area contributed by atoms with E-state index < -0.39 is 0 Å². The van der Waals surface area contributed by atoms with Crippen molar-refractivity contribution in [1.29, 1.82) is 0 Å². The Morgan fingerprint density at radius 3 is 2.83 bits per heavy atom. The molecular formula is C13H19Cl2N3. The van der Waals surface area contributed by atoms with Gasteiger partial charge in [-0.15, -0.1) is 0 Å². The minimum Gasteiger partial charge on any atom is -0.315 e. The summed E-state index contributed by atoms with van der Waals surface area (Å²) >= 11 is 12.5. The summed E-state index contributed by atoms with van der Waals surface area (Å²) < 4.78 is 0. The zero-order chi connectivity index (χ0) is 13.1. The molecule has 1 aromatic heterocycles. The molecule has 1 unspecified atom stereocenters. The van der Waals surface area contributed by atoms with Crippen LogP contribution < -0.4 is 5.32 Å². The summed E-state index contributed by atoms with van der Waals surface area (Å²) in [5.41, 5.74) is 1.80. The number of nitrogens with zero attached hydrogens (tertiary/aromatic N) is 2. The number of rotatable bonds is 4. The summed E-state index contributed by atoms with van der Waals surface area (Å²) in [5.74, 6) is 0. The third-order valence-electron chi connectivity index (χ3n) is 3.47. The zero-order valence-corrected chi connectivity index (χ0v) is 12.4. The third-order valence-corrected chi connectivity index (χ3v) is 4.12. The Balaban J connectivity index is 2.16. The molecule has 1 aliphatic rings. The lowest BCUT2D eigenvalue weighted by Gasteiger charge is -2.27. The Morgan fingerprint density at radius 2 is 2.28 bits per heavy atom. The summed E-state index contributed by atoms with van der Waals surface area (Å²) in [6, 6.07) is 2.45. The van der Waals surface area contributed by atoms with E-state index in [1.54, 1.807) is 0 Å². The molecule has 2 heterocycles. The van der Waals surface area contributed by atoms with E-state index in [0.29, 0.717) is 11.2 Å². The summed E-state index contributed by atoms with van der Waals surface area (Å²) in [4.78, 5) is 6.69. The predicted octanol–water partition coefficient (Wildman–Crippen LogP) is 2.88. The van der Waals surface area contributed by atoms with E-state index >= 15 is 0 Å². The van der Waals surface area contributed by atoms with E-state index in [2.05, 4.69) is 22.1 Å². The lowest BCUT2D eigenvalue weighted by Crippen LogP contribution is -2.36. The van der Waals surface area contributed by atoms with Gasteiger partial charge in [0, 0.05) is 35.4 Å². The molecule has 5 heteroatoms. The summed E-state index contributed by atoms with van der Waals surface area (Å²) in [6.45, 7) is 7.97. The molecule has 100 valence electrons. The van der Waals surface area contributed by atoms with Gasteiger partial charge in [0.1, 0.15) is 5.15 Å². The fourth-order valence-corrected chi connectivity index (χ4v) is 3.07. The summed E-state index contributed by atoms with van der Waals surface area (Å²) in [7, 11) is 0. The SMILES string of the molecule is CCN(Cc1c(Cl)cc(C)nc1Cl)C1CCNC1. The maximum Gasteiger partial charge on any atom is 0.135 e. The Morgan fingerprint density at radius 1 is 1.50 bits per heavy atom. The van der Waals surface area contributed by atoms with Crippen molar-refractivity contribution in [2.45, 2.75) is 32.9 Å². The van der Waals surface area contributed by atoms with Crippen molar-refractivity contribution >= 4 is 23.2 Å². The van der Waals surface area contributed by atoms with Crippen LogP contribution in [0.15, 0.2) is 6.07 Å². The van der Waals surface area contributed by atoms with Crippen LogP contribution in [0, 0.1) is 6.92 Å². The quantitative estimate of drug-likeness (QED) is 0.864. The highest BCUT2D eigenvalue weighted by atomic mass is 35.5. The molecule has 0 radical (unpaired) electrons. The molecule has 0 saturated carbocycles. The van der Waals surface area contributed by atoms with Gasteiger partial charge in [-0.2, -0.15) is 0 Å². The lowest BCUT2D eigenvalue weighted by atomic mass is 10.1. The molecule has 2 rings (SSSR count). The van der Waals surface area contributed by atoms with E-state index in [9.17, 15) is 0 Å². The highest BCUT2D eigenvalue weighted by Gasteiger charge is 2.22. The van der Waals surface area contributed by atoms with Crippen LogP contribution in [0.25, 0.3) is 0 Å². The first-order chi connectivity index (χ1) is 8.61. The molecule has 0 amide bonds. The van der Waals surface area contributed by atoms with Crippen molar-refractivity contribution in [2.75, 3.05) is 19.6 Å². The first-order valence-electron chi connectivity index (χ1n) is 6.38. The van der Waals surface area contributed by atoms with E-state index in [0.717, 1.165) is 42.5 Å². The fraction of sp³-hybridized carbons (Fsp3) is 0.615. The van der Waals surface area contributed by atoms with E-state index in [4.69, 9.17) is 23.2 Å². The number of halogens is 2. The number of pyridine rings is 1. The van der Waals surface area contributed by atoms with Gasteiger partial charge in [0.2, 0.25) is 0 Å². The Labute approximate surface area is 118 Å². The number of nitrogens with one attached hydrogen (secondary N) is 1. The van der Waals surface area contributed by atoms with Gasteiger partial charge in [-0.25, -0.2) is 4.98 Å². The highest BCUT2D eigenvalue weighted by Crippen LogP contribution is 2.26. The molecule has 1 fully saturated rings. The molecule has 1 aromatic rings. The molecule has 0 aromatic carbocycles. The van der Waals surface area contributed by atoms with Crippen LogP contribution in [0.1, 0.15) is 24.6 Å². The molecule has 0 aliphatic carbocycles. The van der Waals surface area contributed by atoms with Crippen LogP contribution >= 0.6 is 23.2 Å². The van der Waals surface area contributed by atoms with E-state index in [1.165, 1.54) is 6.42 Å². The van der Waals surface area contributed by atoms with E-state index in [-0.39, 0.29) is 0 Å². The van der Waals surface area contributed by atoms with Crippen LogP contribution in [0.2, 0.25) is 10.2 Å². The average Bonchev–Trinajstić information content (AvgIpc) is 2.81. The molecule has 18 heavy (non-hydrogen) atoms. The zero-order valence-electron chi connectivity index (χ0n) is 10.8. The van der Waals surface area contributed by atoms with Gasteiger partial charge in [-0.3, -0.25) is 4.90 Å². The van der Waals surface area contributed by atoms with Gasteiger partial charge in [0.05, 0.1) is 0 Å². The smallest absolute Gasteiger partial charge is 0.135 e. The topological polar surface area (TPSA) is 28.2 Å². The highest BCUT2D eigenvalue weighted by molar-refractivity contribution is 6.35. The van der Waals surface area contributed by atoms with Gasteiger partial charge in [0.25, 0.3) is 0 Å². The maximum atomic E-state index is 6.28. The first kappa shape index (κ1) is 14.1. The van der Waals surface area contributed by atoms with Crippen molar-refractivity contribution in [2.24, 2.45) is 0 Å². The van der Waals surface area contributed by atoms with Crippen molar-refractivity contribution in [1.82, 2.24) is 15.2 Å². The van der Waals surface area contributed by atoms with Gasteiger partial charge in [0.15, 0.2) is 0 Å². The van der Waals surface area contributed by atoms with Crippen molar-refractivity contribution in [3.05, 3.63) is 27.5 Å². The molecule has 0 bridgehead atoms. The maximum absolute atomic E-state index is 6.28. The number of hydrogen-bond donors (Lipinski definition) is 1. The number of aromatic nitrogens is 1. The molecule has 1 N–H and O–H groups in total. The largest absolute Gasteiger partial charge is 0.315 e. The Hall–Kier alpha value is -0.350. The number of aryl methyl sites for hydroxylation is 1. The van der Waals surface area contributed by atoms with Crippen molar-refractivity contribution < 1.29 is 0 Å². The van der Waals surface area contributed by atoms with Gasteiger partial charge >= 0.3 is 0 Å². The normalized spacial score (nSPS) is 19.7. The fourth-order valence-electron chi connectivity index (χ4n) is 2.42. The van der Waals surface area contributed by atoms with E-state index in [1.807, 2.05) is 13.0 Å². The molecule has 1 saturated heterocycles. The molecule has 3 nitrogen and oxygen atoms in total. The van der Waals surface area contributed by atoms with Crippen molar-refractivity contribution in [3.8, 4) is 0 Å². The lowest BCUT2D eigenvalue weighted by molar-refractivity contribution is 0.210. The first-order valence-corrected chi connectivity index (χ1v) is 7.13. The summed E-state index contributed by atoms with van der Waals surface area (Å²) in [5, 5.41) is 4.64. The second-order valence-electron chi connectivity index (χ2n) is 4.72. The van der Waals surface area contributed by atoms with Crippen LogP contribution in [-0.4, -0.2) is 35.6 Å². The molecule has 1 aliphatic heterocycles. The molecule has 0 spiro atoms. The summed E-state index contributed by atoms with van der Waals surface area (Å²) in [6.07, 6.45) is 1.18. The number of likely N-dealkylation sites (N-methyl/N-ethyl adjacent to an activating group) is 1. The minimum absolute atomic E-state index is 0.532. The third kappa shape index (κ3) is 3.15. The predicted molar refractivity (Wildman–Crippen MR) is 76.4 cm³/mol. The van der Waals surface area contributed by atoms with Crippen LogP contribution in [0.4, 0.5) is 0 Å². The second kappa shape index (κ2) is 6.20. The van der Waals surface area contributed by atoms with Crippen molar-refractivity contribution in [3.63, 3.8) is 0 Å². The molecule has 1 atom stereocenters. The van der Waals surface area contributed by atoms with Crippen LogP contribution in [0.3, 0.4) is 0 Å². The Bertz CT molecular complexity index is 394. The van der Waals surface area contributed by atoms with Gasteiger partial charge in [-0.1, -0.05) is 30.1 Å². The number of hydrogen-bond acceptors (Lipinski definition) is 3. The van der Waals surface area contributed by atoms with Crippen LogP contribution in [0.5, 0.6) is 0 Å². The van der Waals surface area contributed by atoms with Gasteiger partial charge in [-0.05, 0) is 32.5 Å². The average molecular weight is 288 g/mol. The van der Waals surface area contributed by atoms with Gasteiger partial charge < -0.3 is 5.32 Å². The minimum atomic E-state index is 0.532. The van der Waals surface area contributed by atoms with Crippen LogP contribution in [-0.2, 0) is 6.54 Å².